The molecule has 0 bridgehead atoms. The van der Waals surface area contributed by atoms with Gasteiger partial charge in [-0.15, -0.1) is 0 Å². The van der Waals surface area contributed by atoms with Gasteiger partial charge in [-0.3, -0.25) is 14.9 Å². The van der Waals surface area contributed by atoms with Gasteiger partial charge in [-0.25, -0.2) is 4.98 Å². The SMILES string of the molecule is COc1ccc(Cn2ccnc2SCC(=O)Nc2cccc([N+](=O)[O-])c2)cc1. The smallest absolute Gasteiger partial charge is 0.271 e. The molecule has 0 radical (unpaired) electrons. The zero-order valence-electron chi connectivity index (χ0n) is 15.1. The summed E-state index contributed by atoms with van der Waals surface area (Å²) in [7, 11) is 1.62. The summed E-state index contributed by atoms with van der Waals surface area (Å²) >= 11 is 1.30. The average Bonchev–Trinajstić information content (AvgIpc) is 3.14. The topological polar surface area (TPSA) is 99.3 Å². The molecule has 1 N–H and O–H groups in total. The lowest BCUT2D eigenvalue weighted by Gasteiger charge is -2.09. The fraction of sp³-hybridized carbons (Fsp3) is 0.158. The van der Waals surface area contributed by atoms with E-state index in [4.69, 9.17) is 4.74 Å². The van der Waals surface area contributed by atoms with Crippen LogP contribution in [0.5, 0.6) is 5.75 Å². The van der Waals surface area contributed by atoms with E-state index in [2.05, 4.69) is 10.3 Å². The second-order valence-corrected chi connectivity index (χ2v) is 6.77. The zero-order valence-corrected chi connectivity index (χ0v) is 15.9. The number of imidazole rings is 1. The van der Waals surface area contributed by atoms with E-state index in [0.29, 0.717) is 17.4 Å². The Morgan fingerprint density at radius 2 is 2.07 bits per heavy atom. The monoisotopic (exact) mass is 398 g/mol. The van der Waals surface area contributed by atoms with Crippen LogP contribution >= 0.6 is 11.8 Å². The highest BCUT2D eigenvalue weighted by Gasteiger charge is 2.11. The second kappa shape index (κ2) is 9.05. The first-order chi connectivity index (χ1) is 13.5. The number of hydrogen-bond donors (Lipinski definition) is 1. The zero-order chi connectivity index (χ0) is 19.9. The van der Waals surface area contributed by atoms with E-state index < -0.39 is 4.92 Å². The first kappa shape index (κ1) is 19.4. The Kier molecular flexibility index (Phi) is 6.28. The Bertz CT molecular complexity index is 972. The van der Waals surface area contributed by atoms with Crippen LogP contribution in [0.3, 0.4) is 0 Å². The van der Waals surface area contributed by atoms with Gasteiger partial charge in [0.25, 0.3) is 5.69 Å². The highest BCUT2D eigenvalue weighted by atomic mass is 32.2. The minimum absolute atomic E-state index is 0.0690. The number of nitro groups is 1. The normalized spacial score (nSPS) is 10.5. The van der Waals surface area contributed by atoms with Crippen LogP contribution < -0.4 is 10.1 Å². The van der Waals surface area contributed by atoms with Crippen LogP contribution in [0, 0.1) is 10.1 Å². The van der Waals surface area contributed by atoms with Crippen molar-refractivity contribution in [2.75, 3.05) is 18.2 Å². The highest BCUT2D eigenvalue weighted by Crippen LogP contribution is 2.20. The van der Waals surface area contributed by atoms with E-state index in [9.17, 15) is 14.9 Å². The molecule has 0 atom stereocenters. The Morgan fingerprint density at radius 3 is 2.79 bits per heavy atom. The van der Waals surface area contributed by atoms with Crippen molar-refractivity contribution in [1.82, 2.24) is 9.55 Å². The summed E-state index contributed by atoms with van der Waals surface area (Å²) in [5.41, 5.74) is 1.41. The average molecular weight is 398 g/mol. The molecule has 1 aromatic heterocycles. The molecule has 2 aromatic carbocycles. The van der Waals surface area contributed by atoms with E-state index in [1.54, 1.807) is 19.4 Å². The van der Waals surface area contributed by atoms with Gasteiger partial charge >= 0.3 is 0 Å². The largest absolute Gasteiger partial charge is 0.497 e. The predicted octanol–water partition coefficient (Wildman–Crippen LogP) is 3.58. The number of thioether (sulfide) groups is 1. The number of ether oxygens (including phenoxy) is 1. The fourth-order valence-electron chi connectivity index (χ4n) is 2.51. The first-order valence-corrected chi connectivity index (χ1v) is 9.35. The van der Waals surface area contributed by atoms with Crippen LogP contribution in [-0.2, 0) is 11.3 Å². The van der Waals surface area contributed by atoms with Crippen molar-refractivity contribution >= 4 is 29.0 Å². The highest BCUT2D eigenvalue weighted by molar-refractivity contribution is 7.99. The van der Waals surface area contributed by atoms with Crippen LogP contribution in [-0.4, -0.2) is 33.2 Å². The number of carbonyl (C=O) groups is 1. The Labute approximate surface area is 165 Å². The molecule has 8 nitrogen and oxygen atoms in total. The van der Waals surface area contributed by atoms with Crippen molar-refractivity contribution in [3.63, 3.8) is 0 Å². The maximum Gasteiger partial charge on any atom is 0.271 e. The van der Waals surface area contributed by atoms with Gasteiger partial charge in [0.15, 0.2) is 5.16 Å². The summed E-state index contributed by atoms with van der Waals surface area (Å²) in [6.45, 7) is 0.624. The molecule has 9 heteroatoms. The maximum absolute atomic E-state index is 12.2. The molecular formula is C19H18N4O4S. The number of rotatable bonds is 8. The molecule has 3 aromatic rings. The van der Waals surface area contributed by atoms with Crippen LogP contribution in [0.4, 0.5) is 11.4 Å². The van der Waals surface area contributed by atoms with Gasteiger partial charge in [-0.2, -0.15) is 0 Å². The molecule has 0 fully saturated rings. The van der Waals surface area contributed by atoms with E-state index in [-0.39, 0.29) is 17.3 Å². The number of hydrogen-bond acceptors (Lipinski definition) is 6. The van der Waals surface area contributed by atoms with E-state index >= 15 is 0 Å². The van der Waals surface area contributed by atoms with Crippen molar-refractivity contribution in [1.29, 1.82) is 0 Å². The number of non-ortho nitro benzene ring substituents is 1. The van der Waals surface area contributed by atoms with Crippen molar-refractivity contribution < 1.29 is 14.5 Å². The first-order valence-electron chi connectivity index (χ1n) is 8.36. The minimum Gasteiger partial charge on any atom is -0.497 e. The summed E-state index contributed by atoms with van der Waals surface area (Å²) in [6.07, 6.45) is 3.54. The van der Waals surface area contributed by atoms with E-state index in [1.807, 2.05) is 35.0 Å². The van der Waals surface area contributed by atoms with Gasteiger partial charge in [0.1, 0.15) is 5.75 Å². The van der Waals surface area contributed by atoms with Gasteiger partial charge in [0, 0.05) is 36.8 Å². The van der Waals surface area contributed by atoms with Crippen LogP contribution in [0.2, 0.25) is 0 Å². The molecular weight excluding hydrogens is 380 g/mol. The molecule has 0 saturated heterocycles. The Balaban J connectivity index is 1.57. The van der Waals surface area contributed by atoms with Gasteiger partial charge in [-0.05, 0) is 23.8 Å². The Morgan fingerprint density at radius 1 is 1.29 bits per heavy atom. The third kappa shape index (κ3) is 5.10. The summed E-state index contributed by atoms with van der Waals surface area (Å²) in [6, 6.07) is 13.6. The second-order valence-electron chi connectivity index (χ2n) is 5.83. The van der Waals surface area contributed by atoms with Gasteiger partial charge in [0.05, 0.1) is 17.8 Å². The number of amides is 1. The quantitative estimate of drug-likeness (QED) is 0.354. The predicted molar refractivity (Wildman–Crippen MR) is 107 cm³/mol. The lowest BCUT2D eigenvalue weighted by molar-refractivity contribution is -0.384. The molecule has 144 valence electrons. The molecule has 0 aliphatic rings. The molecule has 28 heavy (non-hydrogen) atoms. The lowest BCUT2D eigenvalue weighted by Crippen LogP contribution is -2.14. The van der Waals surface area contributed by atoms with Crippen molar-refractivity contribution in [2.45, 2.75) is 11.7 Å². The number of nitro benzene ring substituents is 1. The molecule has 0 aliphatic carbocycles. The molecule has 0 aliphatic heterocycles. The molecule has 1 heterocycles. The van der Waals surface area contributed by atoms with Gasteiger partial charge in [0.2, 0.25) is 5.91 Å². The van der Waals surface area contributed by atoms with Crippen LogP contribution in [0.1, 0.15) is 5.56 Å². The number of carbonyl (C=O) groups excluding carboxylic acids is 1. The van der Waals surface area contributed by atoms with Crippen LogP contribution in [0.25, 0.3) is 0 Å². The fourth-order valence-corrected chi connectivity index (χ4v) is 3.27. The molecule has 0 unspecified atom stereocenters. The molecule has 1 amide bonds. The van der Waals surface area contributed by atoms with Crippen molar-refractivity contribution in [3.05, 3.63) is 76.6 Å². The number of nitrogens with zero attached hydrogens (tertiary/aromatic N) is 3. The Hall–Kier alpha value is -3.33. The van der Waals surface area contributed by atoms with E-state index in [0.717, 1.165) is 11.3 Å². The molecule has 3 rings (SSSR count). The summed E-state index contributed by atoms with van der Waals surface area (Å²) < 4.78 is 7.11. The summed E-state index contributed by atoms with van der Waals surface area (Å²) in [4.78, 5) is 26.8. The third-order valence-corrected chi connectivity index (χ3v) is 4.87. The number of aromatic nitrogens is 2. The number of anilines is 1. The minimum atomic E-state index is -0.500. The third-order valence-electron chi connectivity index (χ3n) is 3.86. The van der Waals surface area contributed by atoms with Crippen LogP contribution in [0.15, 0.2) is 66.1 Å². The molecule has 0 saturated carbocycles. The summed E-state index contributed by atoms with van der Waals surface area (Å²) in [5, 5.41) is 14.2. The van der Waals surface area contributed by atoms with Gasteiger partial charge < -0.3 is 14.6 Å². The lowest BCUT2D eigenvalue weighted by atomic mass is 10.2. The number of benzene rings is 2. The number of nitrogens with one attached hydrogen (secondary N) is 1. The van der Waals surface area contributed by atoms with Crippen molar-refractivity contribution in [3.8, 4) is 5.75 Å². The van der Waals surface area contributed by atoms with E-state index in [1.165, 1.54) is 30.0 Å². The standard InChI is InChI=1S/C19H18N4O4S/c1-27-17-7-5-14(6-8-17)12-22-10-9-20-19(22)28-13-18(24)21-15-3-2-4-16(11-15)23(25)26/h2-11H,12-13H2,1H3,(H,21,24). The van der Waals surface area contributed by atoms with Gasteiger partial charge in [-0.1, -0.05) is 30.0 Å². The maximum atomic E-state index is 12.2. The molecule has 0 spiro atoms. The number of methoxy groups -OCH3 is 1. The summed E-state index contributed by atoms with van der Waals surface area (Å²) in [5.74, 6) is 0.675. The van der Waals surface area contributed by atoms with Crippen molar-refractivity contribution in [2.24, 2.45) is 0 Å².